The molecule has 1 aromatic carbocycles. The largest absolute Gasteiger partial charge is 0.480 e. The monoisotopic (exact) mass is 297 g/mol. The van der Waals surface area contributed by atoms with Gasteiger partial charge in [-0.2, -0.15) is 13.2 Å². The van der Waals surface area contributed by atoms with Crippen LogP contribution in [0.2, 0.25) is 0 Å². The van der Waals surface area contributed by atoms with Crippen molar-refractivity contribution in [2.75, 3.05) is 0 Å². The molecule has 0 bridgehead atoms. The first-order valence-corrected chi connectivity index (χ1v) is 5.16. The third-order valence-electron chi connectivity index (χ3n) is 2.23. The van der Waals surface area contributed by atoms with Crippen molar-refractivity contribution in [3.8, 4) is 0 Å². The number of rotatable bonds is 4. The molecule has 0 aliphatic carbocycles. The first-order chi connectivity index (χ1) is 9.11. The van der Waals surface area contributed by atoms with E-state index in [4.69, 9.17) is 5.11 Å². The lowest BCUT2D eigenvalue weighted by atomic mass is 10.1. The number of alkyl halides is 3. The maximum Gasteiger partial charge on any atom is 0.391 e. The Bertz CT molecular complexity index is 509. The third-order valence-corrected chi connectivity index (χ3v) is 2.23. The van der Waals surface area contributed by atoms with E-state index in [1.54, 1.807) is 0 Å². The molecular formula is C11H8F5NO3. The zero-order chi connectivity index (χ0) is 15.5. The summed E-state index contributed by atoms with van der Waals surface area (Å²) in [4.78, 5) is 22.1. The number of hydrogen-bond donors (Lipinski definition) is 2. The predicted octanol–water partition coefficient (Wildman–Crippen LogP) is 2.10. The molecule has 1 aromatic rings. The third kappa shape index (κ3) is 4.18. The van der Waals surface area contributed by atoms with Crippen molar-refractivity contribution in [1.29, 1.82) is 0 Å². The highest BCUT2D eigenvalue weighted by atomic mass is 19.4. The van der Waals surface area contributed by atoms with Gasteiger partial charge >= 0.3 is 12.1 Å². The molecule has 1 amide bonds. The number of carboxylic acid groups (broad SMARTS) is 1. The van der Waals surface area contributed by atoms with E-state index in [1.165, 1.54) is 5.32 Å². The van der Waals surface area contributed by atoms with Gasteiger partial charge in [0, 0.05) is 0 Å². The van der Waals surface area contributed by atoms with Crippen LogP contribution >= 0.6 is 0 Å². The van der Waals surface area contributed by atoms with Gasteiger partial charge in [0.15, 0.2) is 0 Å². The molecular weight excluding hydrogens is 289 g/mol. The lowest BCUT2D eigenvalue weighted by Gasteiger charge is -2.16. The molecule has 1 rings (SSSR count). The van der Waals surface area contributed by atoms with E-state index in [0.29, 0.717) is 0 Å². The second kappa shape index (κ2) is 5.85. The predicted molar refractivity (Wildman–Crippen MR) is 55.9 cm³/mol. The number of nitrogens with one attached hydrogen (secondary N) is 1. The van der Waals surface area contributed by atoms with Crippen molar-refractivity contribution in [2.24, 2.45) is 0 Å². The van der Waals surface area contributed by atoms with E-state index in [2.05, 4.69) is 0 Å². The van der Waals surface area contributed by atoms with E-state index >= 15 is 0 Å². The fourth-order valence-electron chi connectivity index (χ4n) is 1.38. The van der Waals surface area contributed by atoms with Crippen LogP contribution in [0, 0.1) is 11.6 Å². The number of benzene rings is 1. The van der Waals surface area contributed by atoms with Crippen LogP contribution in [-0.4, -0.2) is 29.2 Å². The molecule has 0 spiro atoms. The van der Waals surface area contributed by atoms with Crippen molar-refractivity contribution in [1.82, 2.24) is 5.32 Å². The van der Waals surface area contributed by atoms with Crippen molar-refractivity contribution in [3.63, 3.8) is 0 Å². The highest BCUT2D eigenvalue weighted by molar-refractivity contribution is 5.97. The molecule has 9 heteroatoms. The number of carboxylic acids is 1. The average Bonchev–Trinajstić information content (AvgIpc) is 2.25. The Morgan fingerprint density at radius 2 is 1.70 bits per heavy atom. The smallest absolute Gasteiger partial charge is 0.391 e. The Labute approximate surface area is 109 Å². The number of carbonyl (C=O) groups is 2. The molecule has 0 fully saturated rings. The van der Waals surface area contributed by atoms with Gasteiger partial charge in [0.1, 0.15) is 23.2 Å². The molecule has 20 heavy (non-hydrogen) atoms. The molecule has 0 saturated carbocycles. The van der Waals surface area contributed by atoms with Gasteiger partial charge in [0.2, 0.25) is 0 Å². The van der Waals surface area contributed by atoms with Gasteiger partial charge in [-0.25, -0.2) is 13.6 Å². The first kappa shape index (κ1) is 15.9. The van der Waals surface area contributed by atoms with E-state index in [9.17, 15) is 31.5 Å². The molecule has 0 heterocycles. The molecule has 0 radical (unpaired) electrons. The van der Waals surface area contributed by atoms with E-state index in [0.717, 1.165) is 18.2 Å². The van der Waals surface area contributed by atoms with Gasteiger partial charge in [-0.1, -0.05) is 6.07 Å². The van der Waals surface area contributed by atoms with Crippen LogP contribution in [0.15, 0.2) is 18.2 Å². The van der Waals surface area contributed by atoms with Crippen LogP contribution < -0.4 is 5.32 Å². The fraction of sp³-hybridized carbons (Fsp3) is 0.273. The van der Waals surface area contributed by atoms with Crippen molar-refractivity contribution >= 4 is 11.9 Å². The Hall–Kier alpha value is -2.19. The van der Waals surface area contributed by atoms with E-state index in [1.807, 2.05) is 0 Å². The molecule has 2 N–H and O–H groups in total. The summed E-state index contributed by atoms with van der Waals surface area (Å²) in [5, 5.41) is 10.0. The maximum atomic E-state index is 13.2. The normalized spacial score (nSPS) is 12.8. The van der Waals surface area contributed by atoms with Gasteiger partial charge < -0.3 is 10.4 Å². The van der Waals surface area contributed by atoms with Crippen LogP contribution in [0.4, 0.5) is 22.0 Å². The lowest BCUT2D eigenvalue weighted by Crippen LogP contribution is -2.44. The Kier molecular flexibility index (Phi) is 4.64. The summed E-state index contributed by atoms with van der Waals surface area (Å²) >= 11 is 0. The molecule has 0 aromatic heterocycles. The van der Waals surface area contributed by atoms with Gasteiger partial charge in [-0.15, -0.1) is 0 Å². The zero-order valence-electron chi connectivity index (χ0n) is 9.67. The molecule has 1 atom stereocenters. The van der Waals surface area contributed by atoms with Crippen molar-refractivity contribution in [2.45, 2.75) is 18.6 Å². The number of hydrogen-bond acceptors (Lipinski definition) is 2. The Balaban J connectivity index is 2.95. The number of carbonyl (C=O) groups excluding carboxylic acids is 1. The molecule has 110 valence electrons. The second-order valence-electron chi connectivity index (χ2n) is 3.78. The highest BCUT2D eigenvalue weighted by Crippen LogP contribution is 2.22. The van der Waals surface area contributed by atoms with Crippen LogP contribution in [0.5, 0.6) is 0 Å². The summed E-state index contributed by atoms with van der Waals surface area (Å²) in [6, 6.07) is 0.0578. The summed E-state index contributed by atoms with van der Waals surface area (Å²) < 4.78 is 62.8. The number of amides is 1. The topological polar surface area (TPSA) is 66.4 Å². The second-order valence-corrected chi connectivity index (χ2v) is 3.78. The fourth-order valence-corrected chi connectivity index (χ4v) is 1.38. The Morgan fingerprint density at radius 1 is 1.20 bits per heavy atom. The zero-order valence-corrected chi connectivity index (χ0v) is 9.67. The standard InChI is InChI=1S/C11H8F5NO3/c12-5-2-1-3-6(13)8(5)9(18)17-7(10(19)20)4-11(14,15)16/h1-3,7H,4H2,(H,17,18)(H,19,20). The van der Waals surface area contributed by atoms with Gasteiger partial charge in [-0.05, 0) is 12.1 Å². The Morgan fingerprint density at radius 3 is 2.10 bits per heavy atom. The van der Waals surface area contributed by atoms with E-state index < -0.39 is 47.7 Å². The molecule has 0 aliphatic heterocycles. The minimum atomic E-state index is -4.86. The van der Waals surface area contributed by atoms with Crippen LogP contribution in [-0.2, 0) is 4.79 Å². The quantitative estimate of drug-likeness (QED) is 0.836. The summed E-state index contributed by atoms with van der Waals surface area (Å²) in [5.41, 5.74) is -1.14. The summed E-state index contributed by atoms with van der Waals surface area (Å²) in [6.07, 6.45) is -6.71. The highest BCUT2D eigenvalue weighted by Gasteiger charge is 2.37. The summed E-state index contributed by atoms with van der Waals surface area (Å²) in [5.74, 6) is -6.15. The lowest BCUT2D eigenvalue weighted by molar-refractivity contribution is -0.157. The molecule has 1 unspecified atom stereocenters. The number of halogens is 5. The molecule has 0 saturated heterocycles. The number of aliphatic carboxylic acids is 1. The molecule has 4 nitrogen and oxygen atoms in total. The minimum Gasteiger partial charge on any atom is -0.480 e. The van der Waals surface area contributed by atoms with Gasteiger partial charge in [0.25, 0.3) is 5.91 Å². The van der Waals surface area contributed by atoms with Crippen molar-refractivity contribution in [3.05, 3.63) is 35.4 Å². The average molecular weight is 297 g/mol. The van der Waals surface area contributed by atoms with Crippen LogP contribution in [0.3, 0.4) is 0 Å². The van der Waals surface area contributed by atoms with E-state index in [-0.39, 0.29) is 0 Å². The van der Waals surface area contributed by atoms with Crippen LogP contribution in [0.1, 0.15) is 16.8 Å². The maximum absolute atomic E-state index is 13.2. The minimum absolute atomic E-state index is 0.720. The summed E-state index contributed by atoms with van der Waals surface area (Å²) in [7, 11) is 0. The van der Waals surface area contributed by atoms with Gasteiger partial charge in [-0.3, -0.25) is 4.79 Å². The first-order valence-electron chi connectivity index (χ1n) is 5.16. The SMILES string of the molecule is O=C(NC(CC(F)(F)F)C(=O)O)c1c(F)cccc1F. The summed E-state index contributed by atoms with van der Waals surface area (Å²) in [6.45, 7) is 0. The van der Waals surface area contributed by atoms with Gasteiger partial charge in [0.05, 0.1) is 6.42 Å². The van der Waals surface area contributed by atoms with Crippen molar-refractivity contribution < 1.29 is 36.6 Å². The van der Waals surface area contributed by atoms with Crippen LogP contribution in [0.25, 0.3) is 0 Å². The molecule has 0 aliphatic rings.